The number of carbonyl (C=O) groups is 1. The lowest BCUT2D eigenvalue weighted by Gasteiger charge is -2.63. The van der Waals surface area contributed by atoms with Gasteiger partial charge in [0.2, 0.25) is 5.91 Å². The van der Waals surface area contributed by atoms with Crippen LogP contribution in [-0.4, -0.2) is 35.3 Å². The molecule has 0 bridgehead atoms. The van der Waals surface area contributed by atoms with Crippen molar-refractivity contribution in [3.8, 4) is 0 Å². The molecule has 0 aromatic rings. The quantitative estimate of drug-likeness (QED) is 0.648. The summed E-state index contributed by atoms with van der Waals surface area (Å²) >= 11 is 0. The van der Waals surface area contributed by atoms with Crippen LogP contribution in [0.4, 0.5) is 0 Å². The smallest absolute Gasteiger partial charge is 0.246 e. The monoisotopic (exact) mass is 391 g/mol. The lowest BCUT2D eigenvalue weighted by Crippen LogP contribution is -2.66. The van der Waals surface area contributed by atoms with Gasteiger partial charge >= 0.3 is 0 Å². The summed E-state index contributed by atoms with van der Waals surface area (Å²) < 4.78 is 6.60. The third-order valence-electron chi connectivity index (χ3n) is 8.78. The molecule has 4 rings (SSSR count). The van der Waals surface area contributed by atoms with Gasteiger partial charge in [0.05, 0.1) is 24.4 Å². The molecule has 4 fully saturated rings. The largest absolute Gasteiger partial charge is 0.375 e. The predicted molar refractivity (Wildman–Crippen MR) is 110 cm³/mol. The van der Waals surface area contributed by atoms with Crippen LogP contribution >= 0.6 is 0 Å². The number of fused-ring (bicyclic) bond motifs is 5. The molecule has 0 aromatic carbocycles. The number of hydroxylamine groups is 2. The Labute approximate surface area is 171 Å². The molecule has 0 N–H and O–H groups in total. The minimum absolute atomic E-state index is 0.0259. The zero-order valence-electron chi connectivity index (χ0n) is 18.9. The second kappa shape index (κ2) is 7.27. The Balaban J connectivity index is 1.71. The van der Waals surface area contributed by atoms with E-state index in [4.69, 9.17) is 9.57 Å². The number of ether oxygens (including phenoxy) is 1. The van der Waals surface area contributed by atoms with Crippen LogP contribution in [0.15, 0.2) is 0 Å². The molecule has 2 unspecified atom stereocenters. The predicted octanol–water partition coefficient (Wildman–Crippen LogP) is 5.35. The Morgan fingerprint density at radius 2 is 1.75 bits per heavy atom. The van der Waals surface area contributed by atoms with Crippen LogP contribution in [0.1, 0.15) is 92.9 Å². The number of hydrogen-bond acceptors (Lipinski definition) is 3. The summed E-state index contributed by atoms with van der Waals surface area (Å²) in [6, 6.07) is 0.145. The lowest BCUT2D eigenvalue weighted by molar-refractivity contribution is -0.274. The fraction of sp³-hybridized carbons (Fsp3) is 0.958. The highest BCUT2D eigenvalue weighted by molar-refractivity contribution is 5.76. The van der Waals surface area contributed by atoms with E-state index in [9.17, 15) is 4.79 Å². The maximum absolute atomic E-state index is 12.8. The van der Waals surface area contributed by atoms with E-state index in [0.717, 1.165) is 18.8 Å². The summed E-state index contributed by atoms with van der Waals surface area (Å²) in [7, 11) is 0. The second-order valence-corrected chi connectivity index (χ2v) is 11.2. The summed E-state index contributed by atoms with van der Waals surface area (Å²) in [5.41, 5.74) is 0.649. The van der Waals surface area contributed by atoms with E-state index in [-0.39, 0.29) is 35.7 Å². The maximum Gasteiger partial charge on any atom is 0.246 e. The average molecular weight is 392 g/mol. The number of hydrogen-bond donors (Lipinski definition) is 0. The minimum atomic E-state index is 0.0259. The Kier molecular flexibility index (Phi) is 5.36. The van der Waals surface area contributed by atoms with Gasteiger partial charge in [0.1, 0.15) is 0 Å². The lowest BCUT2D eigenvalue weighted by atomic mass is 9.47. The molecule has 7 atom stereocenters. The van der Waals surface area contributed by atoms with Crippen molar-refractivity contribution in [1.82, 2.24) is 5.06 Å². The van der Waals surface area contributed by atoms with E-state index in [0.29, 0.717) is 23.7 Å². The molecule has 28 heavy (non-hydrogen) atoms. The van der Waals surface area contributed by atoms with Gasteiger partial charge in [-0.05, 0) is 94.8 Å². The molecule has 1 aliphatic heterocycles. The van der Waals surface area contributed by atoms with E-state index < -0.39 is 0 Å². The molecule has 0 radical (unpaired) electrons. The molecule has 0 aromatic heterocycles. The summed E-state index contributed by atoms with van der Waals surface area (Å²) in [6.07, 6.45) is 9.81. The van der Waals surface area contributed by atoms with Gasteiger partial charge in [-0.3, -0.25) is 9.63 Å². The van der Waals surface area contributed by atoms with Crippen LogP contribution in [0.2, 0.25) is 0 Å². The van der Waals surface area contributed by atoms with Gasteiger partial charge in [0.25, 0.3) is 0 Å². The van der Waals surface area contributed by atoms with Crippen LogP contribution in [0.25, 0.3) is 0 Å². The number of carbonyl (C=O) groups excluding carboxylic acids is 1. The van der Waals surface area contributed by atoms with Crippen molar-refractivity contribution in [2.24, 2.45) is 28.6 Å². The topological polar surface area (TPSA) is 38.8 Å². The van der Waals surface area contributed by atoms with Gasteiger partial charge in [-0.2, -0.15) is 0 Å². The van der Waals surface area contributed by atoms with E-state index >= 15 is 0 Å². The van der Waals surface area contributed by atoms with Crippen LogP contribution in [0.3, 0.4) is 0 Å². The first-order valence-electron chi connectivity index (χ1n) is 11.8. The highest BCUT2D eigenvalue weighted by atomic mass is 16.7. The molecule has 4 aliphatic rings. The molecule has 160 valence electrons. The molecule has 1 amide bonds. The third kappa shape index (κ3) is 3.23. The first kappa shape index (κ1) is 20.7. The normalized spacial score (nSPS) is 45.9. The van der Waals surface area contributed by atoms with E-state index in [1.165, 1.54) is 32.1 Å². The first-order chi connectivity index (χ1) is 13.2. The van der Waals surface area contributed by atoms with Crippen molar-refractivity contribution < 1.29 is 14.4 Å². The summed E-state index contributed by atoms with van der Waals surface area (Å²) in [6.45, 7) is 13.4. The first-order valence-corrected chi connectivity index (χ1v) is 11.8. The van der Waals surface area contributed by atoms with Crippen LogP contribution in [0, 0.1) is 28.6 Å². The highest BCUT2D eigenvalue weighted by Crippen LogP contribution is 2.65. The molecule has 4 nitrogen and oxygen atoms in total. The summed E-state index contributed by atoms with van der Waals surface area (Å²) in [4.78, 5) is 18.9. The molecule has 1 saturated heterocycles. The van der Waals surface area contributed by atoms with Crippen molar-refractivity contribution in [2.45, 2.75) is 117 Å². The number of piperidine rings is 1. The van der Waals surface area contributed by atoms with Crippen LogP contribution in [0.5, 0.6) is 0 Å². The van der Waals surface area contributed by atoms with Gasteiger partial charge in [-0.1, -0.05) is 20.3 Å². The summed E-state index contributed by atoms with van der Waals surface area (Å²) in [5, 5.41) is 1.78. The zero-order valence-corrected chi connectivity index (χ0v) is 18.9. The second-order valence-electron chi connectivity index (χ2n) is 11.2. The molecule has 3 saturated carbocycles. The van der Waals surface area contributed by atoms with Crippen molar-refractivity contribution in [3.05, 3.63) is 0 Å². The van der Waals surface area contributed by atoms with Gasteiger partial charge < -0.3 is 4.74 Å². The van der Waals surface area contributed by atoms with Crippen LogP contribution < -0.4 is 0 Å². The molecule has 0 spiro atoms. The van der Waals surface area contributed by atoms with Crippen LogP contribution in [-0.2, 0) is 14.4 Å². The van der Waals surface area contributed by atoms with Gasteiger partial charge in [0.15, 0.2) is 0 Å². The zero-order chi connectivity index (χ0) is 20.3. The van der Waals surface area contributed by atoms with Crippen molar-refractivity contribution in [1.29, 1.82) is 0 Å². The number of nitrogens with zero attached hydrogens (tertiary/aromatic N) is 1. The van der Waals surface area contributed by atoms with Gasteiger partial charge in [0, 0.05) is 6.42 Å². The number of amides is 1. The standard InChI is InChI=1S/C24H41NO3/c1-15(2)27-19-14-20-24(6,13-10-21(26)25(20)28-16(3)4)18-9-12-23(5)11-7-8-17(23)22(18)19/h15-20,22H,7-14H2,1-6H3/t17-,18+,19?,20?,22-,23-,24+/m0/s1. The van der Waals surface area contributed by atoms with E-state index in [1.54, 1.807) is 5.06 Å². The molecular formula is C24H41NO3. The van der Waals surface area contributed by atoms with Crippen molar-refractivity contribution in [3.63, 3.8) is 0 Å². The SMILES string of the molecule is CC(C)OC1CC2N(OC(C)C)C(=O)CC[C@]2(C)[C@@H]2CC[C@]3(C)CCC[C@H]3[C@H]12. The van der Waals surface area contributed by atoms with Gasteiger partial charge in [-0.25, -0.2) is 5.06 Å². The van der Waals surface area contributed by atoms with Gasteiger partial charge in [-0.15, -0.1) is 0 Å². The minimum Gasteiger partial charge on any atom is -0.375 e. The fourth-order valence-corrected chi connectivity index (χ4v) is 7.60. The van der Waals surface area contributed by atoms with E-state index in [2.05, 4.69) is 27.7 Å². The Morgan fingerprint density at radius 1 is 1.00 bits per heavy atom. The Hall–Kier alpha value is -0.610. The maximum atomic E-state index is 12.8. The number of rotatable bonds is 4. The fourth-order valence-electron chi connectivity index (χ4n) is 7.60. The molecule has 4 heteroatoms. The van der Waals surface area contributed by atoms with Crippen molar-refractivity contribution >= 4 is 5.91 Å². The Morgan fingerprint density at radius 3 is 2.43 bits per heavy atom. The third-order valence-corrected chi connectivity index (χ3v) is 8.78. The molecule has 1 heterocycles. The molecular weight excluding hydrogens is 350 g/mol. The van der Waals surface area contributed by atoms with Crippen molar-refractivity contribution in [2.75, 3.05) is 0 Å². The van der Waals surface area contributed by atoms with E-state index in [1.807, 2.05) is 13.8 Å². The molecule has 3 aliphatic carbocycles. The highest BCUT2D eigenvalue weighted by Gasteiger charge is 2.63. The summed E-state index contributed by atoms with van der Waals surface area (Å²) in [5.74, 6) is 2.22. The Bertz CT molecular complexity index is 605. The average Bonchev–Trinajstić information content (AvgIpc) is 3.00.